The lowest BCUT2D eigenvalue weighted by atomic mass is 9.90. The van der Waals surface area contributed by atoms with Crippen molar-refractivity contribution in [3.8, 4) is 0 Å². The van der Waals surface area contributed by atoms with Gasteiger partial charge in [-0.3, -0.25) is 0 Å². The van der Waals surface area contributed by atoms with Gasteiger partial charge in [0.2, 0.25) is 0 Å². The van der Waals surface area contributed by atoms with E-state index in [0.717, 1.165) is 23.0 Å². The molecule has 76 valence electrons. The van der Waals surface area contributed by atoms with Crippen LogP contribution in [-0.2, 0) is 0 Å². The molecule has 1 aliphatic rings. The molecular formula is C11H13ClFN. The Morgan fingerprint density at radius 1 is 1.14 bits per heavy atom. The number of benzene rings is 1. The first-order chi connectivity index (χ1) is 6.75. The SMILES string of the molecule is FN1CCC(c2ccc(Cl)cc2)CC1. The minimum absolute atomic E-state index is 0.499. The Bertz CT molecular complexity index is 291. The molecule has 1 fully saturated rings. The molecule has 3 heteroatoms. The maximum absolute atomic E-state index is 12.7. The summed E-state index contributed by atoms with van der Waals surface area (Å²) in [5, 5.41) is 1.66. The molecule has 1 saturated heterocycles. The molecule has 1 nitrogen and oxygen atoms in total. The number of hydrogen-bond donors (Lipinski definition) is 0. The summed E-state index contributed by atoms with van der Waals surface area (Å²) in [6, 6.07) is 7.89. The summed E-state index contributed by atoms with van der Waals surface area (Å²) in [5.74, 6) is 0.499. The average molecular weight is 214 g/mol. The highest BCUT2D eigenvalue weighted by Crippen LogP contribution is 2.28. The normalized spacial score (nSPS) is 19.9. The summed E-state index contributed by atoms with van der Waals surface area (Å²) >= 11 is 5.81. The fourth-order valence-electron chi connectivity index (χ4n) is 1.92. The van der Waals surface area contributed by atoms with E-state index in [0.29, 0.717) is 19.0 Å². The maximum atomic E-state index is 12.7. The van der Waals surface area contributed by atoms with Crippen molar-refractivity contribution >= 4 is 11.6 Å². The highest BCUT2D eigenvalue weighted by atomic mass is 35.5. The van der Waals surface area contributed by atoms with Gasteiger partial charge in [0.05, 0.1) is 0 Å². The van der Waals surface area contributed by atoms with Crippen LogP contribution in [0.25, 0.3) is 0 Å². The molecule has 0 spiro atoms. The van der Waals surface area contributed by atoms with E-state index < -0.39 is 0 Å². The van der Waals surface area contributed by atoms with Crippen molar-refractivity contribution in [1.82, 2.24) is 5.12 Å². The third-order valence-electron chi connectivity index (χ3n) is 2.78. The van der Waals surface area contributed by atoms with Gasteiger partial charge in [-0.25, -0.2) is 0 Å². The van der Waals surface area contributed by atoms with Crippen molar-refractivity contribution in [2.24, 2.45) is 0 Å². The van der Waals surface area contributed by atoms with Crippen LogP contribution in [0.3, 0.4) is 0 Å². The van der Waals surface area contributed by atoms with Crippen LogP contribution in [0.4, 0.5) is 4.48 Å². The van der Waals surface area contributed by atoms with Gasteiger partial charge in [0.1, 0.15) is 0 Å². The van der Waals surface area contributed by atoms with Crippen LogP contribution in [0, 0.1) is 0 Å². The molecule has 0 unspecified atom stereocenters. The zero-order chi connectivity index (χ0) is 9.97. The van der Waals surface area contributed by atoms with E-state index in [2.05, 4.69) is 0 Å². The average Bonchev–Trinajstić information content (AvgIpc) is 2.21. The van der Waals surface area contributed by atoms with Crippen molar-refractivity contribution in [2.45, 2.75) is 18.8 Å². The van der Waals surface area contributed by atoms with Crippen LogP contribution in [-0.4, -0.2) is 18.2 Å². The van der Waals surface area contributed by atoms with E-state index >= 15 is 0 Å². The van der Waals surface area contributed by atoms with E-state index in [1.165, 1.54) is 5.56 Å². The third-order valence-corrected chi connectivity index (χ3v) is 3.03. The summed E-state index contributed by atoms with van der Waals surface area (Å²) in [7, 11) is 0. The van der Waals surface area contributed by atoms with Crippen molar-refractivity contribution in [1.29, 1.82) is 0 Å². The smallest absolute Gasteiger partial charge is 0.0406 e. The Morgan fingerprint density at radius 2 is 1.71 bits per heavy atom. The molecule has 0 N–H and O–H groups in total. The van der Waals surface area contributed by atoms with Gasteiger partial charge in [0, 0.05) is 18.1 Å². The van der Waals surface area contributed by atoms with Gasteiger partial charge in [-0.15, -0.1) is 9.60 Å². The Hall–Kier alpha value is -0.600. The monoisotopic (exact) mass is 213 g/mol. The van der Waals surface area contributed by atoms with E-state index in [4.69, 9.17) is 11.6 Å². The molecule has 2 rings (SSSR count). The minimum atomic E-state index is 0.499. The zero-order valence-corrected chi connectivity index (χ0v) is 8.67. The van der Waals surface area contributed by atoms with Crippen LogP contribution in [0.15, 0.2) is 24.3 Å². The Morgan fingerprint density at radius 3 is 2.29 bits per heavy atom. The number of piperidine rings is 1. The van der Waals surface area contributed by atoms with Crippen LogP contribution >= 0.6 is 11.6 Å². The number of halogens is 2. The minimum Gasteiger partial charge on any atom is -0.146 e. The molecule has 0 radical (unpaired) electrons. The summed E-state index contributed by atoms with van der Waals surface area (Å²) in [6.07, 6.45) is 1.80. The van der Waals surface area contributed by atoms with Gasteiger partial charge in [0.25, 0.3) is 0 Å². The van der Waals surface area contributed by atoms with Crippen LogP contribution < -0.4 is 0 Å². The summed E-state index contributed by atoms with van der Waals surface area (Å²) in [6.45, 7) is 1.10. The molecule has 0 amide bonds. The molecule has 1 aromatic rings. The van der Waals surface area contributed by atoms with Gasteiger partial charge < -0.3 is 0 Å². The lowest BCUT2D eigenvalue weighted by molar-refractivity contribution is 0.000731. The molecule has 0 aliphatic carbocycles. The fourth-order valence-corrected chi connectivity index (χ4v) is 2.04. The molecule has 0 saturated carbocycles. The Balaban J connectivity index is 2.05. The van der Waals surface area contributed by atoms with Crippen LogP contribution in [0.1, 0.15) is 24.3 Å². The highest BCUT2D eigenvalue weighted by molar-refractivity contribution is 6.30. The van der Waals surface area contributed by atoms with Crippen molar-refractivity contribution < 1.29 is 4.48 Å². The van der Waals surface area contributed by atoms with E-state index in [1.807, 2.05) is 24.3 Å². The molecule has 0 atom stereocenters. The topological polar surface area (TPSA) is 3.24 Å². The van der Waals surface area contributed by atoms with Gasteiger partial charge in [-0.2, -0.15) is 0 Å². The lowest BCUT2D eigenvalue weighted by Crippen LogP contribution is -2.26. The maximum Gasteiger partial charge on any atom is 0.0406 e. The first-order valence-electron chi connectivity index (χ1n) is 4.92. The van der Waals surface area contributed by atoms with Crippen molar-refractivity contribution in [3.63, 3.8) is 0 Å². The summed E-state index contributed by atoms with van der Waals surface area (Å²) in [4.78, 5) is 0. The van der Waals surface area contributed by atoms with Crippen molar-refractivity contribution in [3.05, 3.63) is 34.9 Å². The molecule has 1 aliphatic heterocycles. The lowest BCUT2D eigenvalue weighted by Gasteiger charge is -2.26. The molecule has 1 aromatic carbocycles. The Labute approximate surface area is 88.4 Å². The van der Waals surface area contributed by atoms with E-state index in [-0.39, 0.29) is 0 Å². The molecule has 1 heterocycles. The highest BCUT2D eigenvalue weighted by Gasteiger charge is 2.19. The fraction of sp³-hybridized carbons (Fsp3) is 0.455. The number of nitrogens with zero attached hydrogens (tertiary/aromatic N) is 1. The quantitative estimate of drug-likeness (QED) is 0.647. The summed E-state index contributed by atoms with van der Waals surface area (Å²) in [5.41, 5.74) is 1.28. The van der Waals surface area contributed by atoms with Gasteiger partial charge in [-0.05, 0) is 36.5 Å². The predicted molar refractivity (Wildman–Crippen MR) is 56.1 cm³/mol. The molecule has 0 aromatic heterocycles. The Kier molecular flexibility index (Phi) is 3.04. The van der Waals surface area contributed by atoms with Crippen molar-refractivity contribution in [2.75, 3.05) is 13.1 Å². The number of hydrogen-bond acceptors (Lipinski definition) is 1. The zero-order valence-electron chi connectivity index (χ0n) is 7.92. The summed E-state index contributed by atoms with van der Waals surface area (Å²) < 4.78 is 12.7. The number of rotatable bonds is 1. The second-order valence-corrected chi connectivity index (χ2v) is 4.17. The van der Waals surface area contributed by atoms with Crippen LogP contribution in [0.5, 0.6) is 0 Å². The predicted octanol–water partition coefficient (Wildman–Crippen LogP) is 3.40. The first-order valence-corrected chi connectivity index (χ1v) is 5.29. The largest absolute Gasteiger partial charge is 0.146 e. The molecule has 14 heavy (non-hydrogen) atoms. The van der Waals surface area contributed by atoms with Gasteiger partial charge >= 0.3 is 0 Å². The first kappa shape index (κ1) is 9.94. The second-order valence-electron chi connectivity index (χ2n) is 3.74. The van der Waals surface area contributed by atoms with Gasteiger partial charge in [0.15, 0.2) is 0 Å². The standard InChI is InChI=1S/C11H13ClFN/c12-11-3-1-9(2-4-11)10-5-7-14(13)8-6-10/h1-4,10H,5-8H2. The second kappa shape index (κ2) is 4.28. The van der Waals surface area contributed by atoms with E-state index in [9.17, 15) is 4.48 Å². The molecular weight excluding hydrogens is 201 g/mol. The van der Waals surface area contributed by atoms with E-state index in [1.54, 1.807) is 0 Å². The van der Waals surface area contributed by atoms with Gasteiger partial charge in [-0.1, -0.05) is 23.7 Å². The molecule has 0 bridgehead atoms. The third kappa shape index (κ3) is 2.25. The van der Waals surface area contributed by atoms with Crippen LogP contribution in [0.2, 0.25) is 5.02 Å².